The number of hydrogen-bond donors (Lipinski definition) is 1. The molecule has 1 aliphatic heterocycles. The van der Waals surface area contributed by atoms with Crippen LogP contribution in [-0.2, 0) is 16.1 Å². The lowest BCUT2D eigenvalue weighted by Crippen LogP contribution is -2.34. The van der Waals surface area contributed by atoms with Crippen LogP contribution in [0, 0.1) is 13.8 Å². The number of carbonyl (C=O) groups is 2. The summed E-state index contributed by atoms with van der Waals surface area (Å²) in [5.74, 6) is -0.279. The molecule has 0 aromatic heterocycles. The monoisotopic (exact) mass is 308 g/mol. The van der Waals surface area contributed by atoms with E-state index in [0.717, 1.165) is 22.4 Å². The summed E-state index contributed by atoms with van der Waals surface area (Å²) in [6.45, 7) is 4.37. The van der Waals surface area contributed by atoms with Gasteiger partial charge in [0.25, 0.3) is 5.91 Å². The second-order valence-electron chi connectivity index (χ2n) is 6.08. The zero-order chi connectivity index (χ0) is 16.4. The van der Waals surface area contributed by atoms with Gasteiger partial charge in [-0.15, -0.1) is 0 Å². The highest BCUT2D eigenvalue weighted by Crippen LogP contribution is 2.22. The van der Waals surface area contributed by atoms with Gasteiger partial charge in [-0.05, 0) is 42.7 Å². The molecule has 2 aromatic rings. The molecule has 1 fully saturated rings. The molecule has 2 aromatic carbocycles. The zero-order valence-corrected chi connectivity index (χ0v) is 13.4. The number of imide groups is 1. The van der Waals surface area contributed by atoms with Crippen molar-refractivity contribution >= 4 is 17.5 Å². The van der Waals surface area contributed by atoms with Crippen LogP contribution in [0.25, 0.3) is 0 Å². The Morgan fingerprint density at radius 2 is 1.70 bits per heavy atom. The second-order valence-corrected chi connectivity index (χ2v) is 6.08. The van der Waals surface area contributed by atoms with Gasteiger partial charge in [0.15, 0.2) is 0 Å². The summed E-state index contributed by atoms with van der Waals surface area (Å²) in [4.78, 5) is 26.1. The van der Waals surface area contributed by atoms with E-state index in [1.165, 1.54) is 4.90 Å². The van der Waals surface area contributed by atoms with E-state index in [2.05, 4.69) is 11.4 Å². The second kappa shape index (κ2) is 6.24. The van der Waals surface area contributed by atoms with Crippen LogP contribution in [0.15, 0.2) is 48.5 Å². The van der Waals surface area contributed by atoms with Crippen LogP contribution in [-0.4, -0.2) is 22.8 Å². The molecule has 2 amide bonds. The molecular weight excluding hydrogens is 288 g/mol. The summed E-state index contributed by atoms with van der Waals surface area (Å²) in [6.07, 6.45) is 0.207. The van der Waals surface area contributed by atoms with Crippen molar-refractivity contribution in [3.8, 4) is 0 Å². The highest BCUT2D eigenvalue weighted by Gasteiger charge is 2.38. The van der Waals surface area contributed by atoms with Crippen molar-refractivity contribution in [2.75, 3.05) is 5.32 Å². The number of nitrogens with one attached hydrogen (secondary N) is 1. The van der Waals surface area contributed by atoms with Gasteiger partial charge in [0.2, 0.25) is 5.91 Å². The maximum absolute atomic E-state index is 12.5. The van der Waals surface area contributed by atoms with E-state index in [4.69, 9.17) is 0 Å². The van der Waals surface area contributed by atoms with Gasteiger partial charge in [0, 0.05) is 5.69 Å². The summed E-state index contributed by atoms with van der Waals surface area (Å²) in [6, 6.07) is 15.2. The highest BCUT2D eigenvalue weighted by atomic mass is 16.2. The number of anilines is 1. The first-order valence-electron chi connectivity index (χ1n) is 7.76. The molecule has 0 spiro atoms. The van der Waals surface area contributed by atoms with Crippen LogP contribution < -0.4 is 5.32 Å². The smallest absolute Gasteiger partial charge is 0.252 e. The van der Waals surface area contributed by atoms with E-state index >= 15 is 0 Å². The standard InChI is InChI=1S/C19H20N2O2/c1-13-8-14(2)10-16(9-13)20-17-11-18(22)21(19(17)23)12-15-6-4-3-5-7-15/h3-10,17,20H,11-12H2,1-2H3/t17-/m1/s1. The van der Waals surface area contributed by atoms with Crippen LogP contribution in [0.4, 0.5) is 5.69 Å². The average Bonchev–Trinajstić information content (AvgIpc) is 2.75. The van der Waals surface area contributed by atoms with Gasteiger partial charge >= 0.3 is 0 Å². The Morgan fingerprint density at radius 1 is 1.04 bits per heavy atom. The topological polar surface area (TPSA) is 49.4 Å². The quantitative estimate of drug-likeness (QED) is 0.883. The third kappa shape index (κ3) is 3.42. The van der Waals surface area contributed by atoms with Gasteiger partial charge in [0.1, 0.15) is 6.04 Å². The normalized spacial score (nSPS) is 17.7. The lowest BCUT2D eigenvalue weighted by molar-refractivity contribution is -0.139. The van der Waals surface area contributed by atoms with Gasteiger partial charge in [-0.25, -0.2) is 0 Å². The van der Waals surface area contributed by atoms with Crippen molar-refractivity contribution in [3.63, 3.8) is 0 Å². The van der Waals surface area contributed by atoms with Crippen LogP contribution in [0.3, 0.4) is 0 Å². The van der Waals surface area contributed by atoms with Gasteiger partial charge < -0.3 is 5.32 Å². The van der Waals surface area contributed by atoms with Crippen LogP contribution in [0.1, 0.15) is 23.1 Å². The van der Waals surface area contributed by atoms with E-state index < -0.39 is 6.04 Å². The van der Waals surface area contributed by atoms with Crippen LogP contribution in [0.5, 0.6) is 0 Å². The molecule has 0 bridgehead atoms. The Labute approximate surface area is 136 Å². The molecule has 0 radical (unpaired) electrons. The summed E-state index contributed by atoms with van der Waals surface area (Å²) in [7, 11) is 0. The maximum atomic E-state index is 12.5. The van der Waals surface area contributed by atoms with Gasteiger partial charge in [-0.3, -0.25) is 14.5 Å². The SMILES string of the molecule is Cc1cc(C)cc(N[C@@H]2CC(=O)N(Cc3ccccc3)C2=O)c1. The van der Waals surface area contributed by atoms with E-state index in [1.807, 2.05) is 56.3 Å². The molecule has 1 N–H and O–H groups in total. The van der Waals surface area contributed by atoms with Crippen molar-refractivity contribution in [1.29, 1.82) is 0 Å². The van der Waals surface area contributed by atoms with Crippen molar-refractivity contribution in [1.82, 2.24) is 4.90 Å². The maximum Gasteiger partial charge on any atom is 0.252 e. The fourth-order valence-corrected chi connectivity index (χ4v) is 2.99. The average molecular weight is 308 g/mol. The molecule has 4 nitrogen and oxygen atoms in total. The number of benzene rings is 2. The van der Waals surface area contributed by atoms with Gasteiger partial charge in [-0.1, -0.05) is 36.4 Å². The Kier molecular flexibility index (Phi) is 4.15. The number of rotatable bonds is 4. The first kappa shape index (κ1) is 15.3. The molecule has 1 atom stereocenters. The van der Waals surface area contributed by atoms with Crippen LogP contribution in [0.2, 0.25) is 0 Å². The predicted octanol–water partition coefficient (Wildman–Crippen LogP) is 3.04. The summed E-state index contributed by atoms with van der Waals surface area (Å²) < 4.78 is 0. The summed E-state index contributed by atoms with van der Waals surface area (Å²) in [5.41, 5.74) is 4.10. The van der Waals surface area contributed by atoms with E-state index in [9.17, 15) is 9.59 Å². The highest BCUT2D eigenvalue weighted by molar-refractivity contribution is 6.06. The molecule has 3 rings (SSSR count). The molecule has 1 heterocycles. The lowest BCUT2D eigenvalue weighted by atomic mass is 10.1. The Bertz CT molecular complexity index is 720. The number of hydrogen-bond acceptors (Lipinski definition) is 3. The lowest BCUT2D eigenvalue weighted by Gasteiger charge is -2.16. The molecule has 23 heavy (non-hydrogen) atoms. The first-order valence-corrected chi connectivity index (χ1v) is 7.76. The van der Waals surface area contributed by atoms with Crippen LogP contribution >= 0.6 is 0 Å². The van der Waals surface area contributed by atoms with E-state index in [-0.39, 0.29) is 18.2 Å². The Hall–Kier alpha value is -2.62. The molecule has 1 saturated heterocycles. The van der Waals surface area contributed by atoms with Gasteiger partial charge in [0.05, 0.1) is 13.0 Å². The molecule has 1 aliphatic rings. The number of nitrogens with zero attached hydrogens (tertiary/aromatic N) is 1. The third-order valence-electron chi connectivity index (χ3n) is 3.99. The summed E-state index contributed by atoms with van der Waals surface area (Å²) in [5, 5.41) is 3.21. The third-order valence-corrected chi connectivity index (χ3v) is 3.99. The minimum Gasteiger partial charge on any atom is -0.373 e. The predicted molar refractivity (Wildman–Crippen MR) is 89.9 cm³/mol. The molecule has 0 saturated carbocycles. The fourth-order valence-electron chi connectivity index (χ4n) is 2.99. The van der Waals surface area contributed by atoms with E-state index in [0.29, 0.717) is 6.54 Å². The summed E-state index contributed by atoms with van der Waals surface area (Å²) >= 11 is 0. The Morgan fingerprint density at radius 3 is 2.35 bits per heavy atom. The molecular formula is C19H20N2O2. The minimum atomic E-state index is -0.479. The van der Waals surface area contributed by atoms with Crippen molar-refractivity contribution in [3.05, 3.63) is 65.2 Å². The van der Waals surface area contributed by atoms with Gasteiger partial charge in [-0.2, -0.15) is 0 Å². The zero-order valence-electron chi connectivity index (χ0n) is 13.4. The Balaban J connectivity index is 1.73. The van der Waals surface area contributed by atoms with Crippen molar-refractivity contribution in [2.24, 2.45) is 0 Å². The number of amides is 2. The molecule has 0 unspecified atom stereocenters. The molecule has 4 heteroatoms. The van der Waals surface area contributed by atoms with Crippen molar-refractivity contribution < 1.29 is 9.59 Å². The minimum absolute atomic E-state index is 0.124. The first-order chi connectivity index (χ1) is 11.0. The molecule has 118 valence electrons. The van der Waals surface area contributed by atoms with E-state index in [1.54, 1.807) is 0 Å². The van der Waals surface area contributed by atoms with Crippen molar-refractivity contribution in [2.45, 2.75) is 32.9 Å². The number of carbonyl (C=O) groups excluding carboxylic acids is 2. The number of aryl methyl sites for hydroxylation is 2. The number of likely N-dealkylation sites (tertiary alicyclic amines) is 1. The molecule has 0 aliphatic carbocycles. The largest absolute Gasteiger partial charge is 0.373 e. The fraction of sp³-hybridized carbons (Fsp3) is 0.263.